The Hall–Kier alpha value is -2.46. The van der Waals surface area contributed by atoms with E-state index in [1.807, 2.05) is 18.2 Å². The van der Waals surface area contributed by atoms with Gasteiger partial charge >= 0.3 is 0 Å². The van der Waals surface area contributed by atoms with Crippen molar-refractivity contribution >= 4 is 12.0 Å². The number of halogens is 1. The Morgan fingerprint density at radius 3 is 2.86 bits per heavy atom. The van der Waals surface area contributed by atoms with E-state index >= 15 is 0 Å². The van der Waals surface area contributed by atoms with Crippen LogP contribution in [0.3, 0.4) is 0 Å². The molecule has 22 heavy (non-hydrogen) atoms. The number of hydrogen-bond donors (Lipinski definition) is 1. The molecule has 0 saturated heterocycles. The van der Waals surface area contributed by atoms with E-state index in [1.165, 1.54) is 17.0 Å². The number of fused-ring (bicyclic) bond motifs is 1. The van der Waals surface area contributed by atoms with Crippen molar-refractivity contribution in [2.75, 3.05) is 6.54 Å². The van der Waals surface area contributed by atoms with Crippen molar-refractivity contribution in [3.05, 3.63) is 77.1 Å². The first-order valence-corrected chi connectivity index (χ1v) is 7.14. The van der Waals surface area contributed by atoms with Crippen molar-refractivity contribution in [2.24, 2.45) is 0 Å². The highest BCUT2D eigenvalue weighted by Crippen LogP contribution is 2.22. The minimum atomic E-state index is -0.834. The van der Waals surface area contributed by atoms with Crippen molar-refractivity contribution in [2.45, 2.75) is 12.6 Å². The van der Waals surface area contributed by atoms with Gasteiger partial charge in [0, 0.05) is 18.5 Å². The van der Waals surface area contributed by atoms with Crippen molar-refractivity contribution in [1.82, 2.24) is 4.90 Å². The molecule has 3 nitrogen and oxygen atoms in total. The molecule has 0 bridgehead atoms. The third-order valence-corrected chi connectivity index (χ3v) is 3.73. The van der Waals surface area contributed by atoms with E-state index in [0.29, 0.717) is 12.0 Å². The number of aliphatic hydroxyl groups is 1. The molecule has 0 aromatic heterocycles. The van der Waals surface area contributed by atoms with Gasteiger partial charge < -0.3 is 10.0 Å². The molecule has 2 aromatic carbocycles. The highest BCUT2D eigenvalue weighted by Gasteiger charge is 2.29. The molecule has 4 heteroatoms. The first-order chi connectivity index (χ1) is 10.6. The fourth-order valence-corrected chi connectivity index (χ4v) is 2.62. The SMILES string of the molecule is O=C1c2ccccc2CC(O)N1C/C=C/c1cccc(F)c1. The maximum atomic E-state index is 13.1. The zero-order valence-corrected chi connectivity index (χ0v) is 11.9. The summed E-state index contributed by atoms with van der Waals surface area (Å²) >= 11 is 0. The zero-order valence-electron chi connectivity index (χ0n) is 11.9. The molecule has 1 heterocycles. The molecule has 0 radical (unpaired) electrons. The largest absolute Gasteiger partial charge is 0.373 e. The van der Waals surface area contributed by atoms with Crippen molar-refractivity contribution in [1.29, 1.82) is 0 Å². The van der Waals surface area contributed by atoms with Gasteiger partial charge in [0.2, 0.25) is 0 Å². The van der Waals surface area contributed by atoms with Crippen LogP contribution in [0, 0.1) is 5.82 Å². The van der Waals surface area contributed by atoms with Crippen LogP contribution in [0.2, 0.25) is 0 Å². The van der Waals surface area contributed by atoms with E-state index < -0.39 is 6.23 Å². The van der Waals surface area contributed by atoms with Crippen LogP contribution in [0.5, 0.6) is 0 Å². The minimum Gasteiger partial charge on any atom is -0.373 e. The van der Waals surface area contributed by atoms with Crippen LogP contribution in [-0.4, -0.2) is 28.7 Å². The van der Waals surface area contributed by atoms with Gasteiger partial charge in [-0.2, -0.15) is 0 Å². The van der Waals surface area contributed by atoms with Crippen LogP contribution < -0.4 is 0 Å². The Kier molecular flexibility index (Phi) is 4.02. The van der Waals surface area contributed by atoms with E-state index in [2.05, 4.69) is 0 Å². The molecule has 1 atom stereocenters. The summed E-state index contributed by atoms with van der Waals surface area (Å²) in [5.74, 6) is -0.483. The molecule has 1 amide bonds. The number of carbonyl (C=O) groups is 1. The van der Waals surface area contributed by atoms with Crippen molar-refractivity contribution < 1.29 is 14.3 Å². The predicted octanol–water partition coefficient (Wildman–Crippen LogP) is 2.86. The molecule has 2 aromatic rings. The third kappa shape index (κ3) is 2.92. The van der Waals surface area contributed by atoms with E-state index in [1.54, 1.807) is 30.4 Å². The Balaban J connectivity index is 1.74. The maximum Gasteiger partial charge on any atom is 0.256 e. The number of benzene rings is 2. The van der Waals surface area contributed by atoms with Crippen LogP contribution in [0.4, 0.5) is 4.39 Å². The molecule has 1 aliphatic heterocycles. The van der Waals surface area contributed by atoms with Gasteiger partial charge in [-0.05, 0) is 29.3 Å². The third-order valence-electron chi connectivity index (χ3n) is 3.73. The second-order valence-electron chi connectivity index (χ2n) is 5.26. The lowest BCUT2D eigenvalue weighted by molar-refractivity contribution is 0.00832. The van der Waals surface area contributed by atoms with Crippen molar-refractivity contribution in [3.8, 4) is 0 Å². The average molecular weight is 297 g/mol. The Labute approximate surface area is 128 Å². The summed E-state index contributed by atoms with van der Waals surface area (Å²) in [6.45, 7) is 0.283. The zero-order chi connectivity index (χ0) is 15.5. The van der Waals surface area contributed by atoms with E-state index in [4.69, 9.17) is 0 Å². The van der Waals surface area contributed by atoms with Crippen LogP contribution in [0.1, 0.15) is 21.5 Å². The second kappa shape index (κ2) is 6.12. The predicted molar refractivity (Wildman–Crippen MR) is 82.6 cm³/mol. The Morgan fingerprint density at radius 1 is 1.23 bits per heavy atom. The number of hydrogen-bond acceptors (Lipinski definition) is 2. The number of aliphatic hydroxyl groups excluding tert-OH is 1. The summed E-state index contributed by atoms with van der Waals surface area (Å²) in [4.78, 5) is 13.8. The first-order valence-electron chi connectivity index (χ1n) is 7.14. The number of rotatable bonds is 3. The fourth-order valence-electron chi connectivity index (χ4n) is 2.62. The molecule has 0 saturated carbocycles. The lowest BCUT2D eigenvalue weighted by atomic mass is 9.98. The topological polar surface area (TPSA) is 40.5 Å². The summed E-state index contributed by atoms with van der Waals surface area (Å²) in [6.07, 6.45) is 3.09. The molecule has 0 fully saturated rings. The van der Waals surface area contributed by atoms with Gasteiger partial charge in [0.15, 0.2) is 0 Å². The van der Waals surface area contributed by atoms with Crippen LogP contribution in [0.15, 0.2) is 54.6 Å². The highest BCUT2D eigenvalue weighted by molar-refractivity contribution is 5.97. The Bertz CT molecular complexity index is 727. The summed E-state index contributed by atoms with van der Waals surface area (Å²) < 4.78 is 13.1. The van der Waals surface area contributed by atoms with Gasteiger partial charge in [-0.15, -0.1) is 0 Å². The summed E-state index contributed by atoms with van der Waals surface area (Å²) in [6, 6.07) is 13.5. The van der Waals surface area contributed by atoms with Gasteiger partial charge in [0.1, 0.15) is 12.0 Å². The minimum absolute atomic E-state index is 0.182. The molecule has 0 aliphatic carbocycles. The first kappa shape index (κ1) is 14.5. The van der Waals surface area contributed by atoms with Gasteiger partial charge in [-0.3, -0.25) is 4.79 Å². The molecular weight excluding hydrogens is 281 g/mol. The maximum absolute atomic E-state index is 13.1. The van der Waals surface area contributed by atoms with Crippen molar-refractivity contribution in [3.63, 3.8) is 0 Å². The monoisotopic (exact) mass is 297 g/mol. The Morgan fingerprint density at radius 2 is 2.05 bits per heavy atom. The highest BCUT2D eigenvalue weighted by atomic mass is 19.1. The number of carbonyl (C=O) groups excluding carboxylic acids is 1. The van der Waals surface area contributed by atoms with Crippen LogP contribution >= 0.6 is 0 Å². The van der Waals surface area contributed by atoms with Gasteiger partial charge in [-0.1, -0.05) is 42.5 Å². The summed E-state index contributed by atoms with van der Waals surface area (Å²) in [5.41, 5.74) is 2.22. The van der Waals surface area contributed by atoms with Gasteiger partial charge in [0.25, 0.3) is 5.91 Å². The quantitative estimate of drug-likeness (QED) is 0.946. The smallest absolute Gasteiger partial charge is 0.256 e. The number of nitrogens with zero attached hydrogens (tertiary/aromatic N) is 1. The lowest BCUT2D eigenvalue weighted by Gasteiger charge is -2.32. The molecule has 3 rings (SSSR count). The van der Waals surface area contributed by atoms with Crippen LogP contribution in [-0.2, 0) is 6.42 Å². The van der Waals surface area contributed by atoms with Gasteiger partial charge in [-0.25, -0.2) is 4.39 Å². The molecule has 0 spiro atoms. The van der Waals surface area contributed by atoms with E-state index in [0.717, 1.165) is 11.1 Å². The second-order valence-corrected chi connectivity index (χ2v) is 5.26. The van der Waals surface area contributed by atoms with Crippen LogP contribution in [0.25, 0.3) is 6.08 Å². The molecule has 1 unspecified atom stereocenters. The van der Waals surface area contributed by atoms with E-state index in [9.17, 15) is 14.3 Å². The molecule has 112 valence electrons. The summed E-state index contributed by atoms with van der Waals surface area (Å²) in [5, 5.41) is 10.1. The molecule has 1 N–H and O–H groups in total. The lowest BCUT2D eigenvalue weighted by Crippen LogP contribution is -2.45. The average Bonchev–Trinajstić information content (AvgIpc) is 2.51. The fraction of sp³-hybridized carbons (Fsp3) is 0.167. The summed E-state index contributed by atoms with van der Waals surface area (Å²) in [7, 11) is 0. The standard InChI is InChI=1S/C18H16FNO2/c19-15-8-3-5-13(11-15)6-4-10-20-17(21)12-14-7-1-2-9-16(14)18(20)22/h1-9,11,17,21H,10,12H2/b6-4+. The number of amides is 1. The normalized spacial score (nSPS) is 17.8. The van der Waals surface area contributed by atoms with E-state index in [-0.39, 0.29) is 18.3 Å². The molecule has 1 aliphatic rings. The molecular formula is C18H16FNO2. The van der Waals surface area contributed by atoms with Gasteiger partial charge in [0.05, 0.1) is 0 Å².